The second-order valence-electron chi connectivity index (χ2n) is 5.89. The highest BCUT2D eigenvalue weighted by Gasteiger charge is 2.42. The molecule has 0 saturated heterocycles. The molecule has 1 heterocycles. The standard InChI is InChI=1S/C19H18N2O6/c1-2-26-16(22)12-27-19-14-9-6-10-15(21(24)25)17(14)18(23)20(19)11-13-7-4-3-5-8-13/h3-10,19H,2,11-12H2,1H3. The maximum Gasteiger partial charge on any atom is 0.332 e. The van der Waals surface area contributed by atoms with E-state index in [1.165, 1.54) is 17.0 Å². The fourth-order valence-corrected chi connectivity index (χ4v) is 3.03. The maximum atomic E-state index is 12.9. The van der Waals surface area contributed by atoms with Crippen molar-refractivity contribution in [2.45, 2.75) is 19.7 Å². The van der Waals surface area contributed by atoms with Gasteiger partial charge in [-0.05, 0) is 12.5 Å². The number of nitrogens with zero attached hydrogens (tertiary/aromatic N) is 2. The van der Waals surface area contributed by atoms with Crippen molar-refractivity contribution in [1.29, 1.82) is 0 Å². The Kier molecular flexibility index (Phi) is 5.46. The van der Waals surface area contributed by atoms with E-state index in [0.717, 1.165) is 5.56 Å². The van der Waals surface area contributed by atoms with Crippen LogP contribution in [0.5, 0.6) is 0 Å². The molecule has 0 N–H and O–H groups in total. The number of benzene rings is 2. The lowest BCUT2D eigenvalue weighted by molar-refractivity contribution is -0.385. The summed E-state index contributed by atoms with van der Waals surface area (Å²) in [6.45, 7) is 1.72. The molecule has 1 unspecified atom stereocenters. The Morgan fingerprint density at radius 3 is 2.59 bits per heavy atom. The zero-order valence-electron chi connectivity index (χ0n) is 14.7. The van der Waals surface area contributed by atoms with Gasteiger partial charge in [0.05, 0.1) is 11.5 Å². The van der Waals surface area contributed by atoms with E-state index in [0.29, 0.717) is 5.56 Å². The molecule has 1 amide bonds. The van der Waals surface area contributed by atoms with Crippen molar-refractivity contribution in [3.63, 3.8) is 0 Å². The summed E-state index contributed by atoms with van der Waals surface area (Å²) < 4.78 is 10.5. The molecule has 8 nitrogen and oxygen atoms in total. The van der Waals surface area contributed by atoms with Crippen LogP contribution in [0.25, 0.3) is 0 Å². The van der Waals surface area contributed by atoms with Crippen molar-refractivity contribution in [1.82, 2.24) is 4.90 Å². The number of hydrogen-bond acceptors (Lipinski definition) is 6. The van der Waals surface area contributed by atoms with Crippen molar-refractivity contribution in [3.05, 3.63) is 75.3 Å². The van der Waals surface area contributed by atoms with E-state index in [4.69, 9.17) is 9.47 Å². The first-order valence-electron chi connectivity index (χ1n) is 8.42. The Balaban J connectivity index is 1.95. The van der Waals surface area contributed by atoms with Gasteiger partial charge < -0.3 is 14.4 Å². The predicted molar refractivity (Wildman–Crippen MR) is 94.7 cm³/mol. The van der Waals surface area contributed by atoms with Crippen molar-refractivity contribution >= 4 is 17.6 Å². The van der Waals surface area contributed by atoms with Gasteiger partial charge in [0.15, 0.2) is 6.23 Å². The molecule has 2 aromatic carbocycles. The van der Waals surface area contributed by atoms with Gasteiger partial charge in [-0.15, -0.1) is 0 Å². The number of nitro benzene ring substituents is 1. The largest absolute Gasteiger partial charge is 0.464 e. The molecule has 3 rings (SSSR count). The number of ether oxygens (including phenoxy) is 2. The fourth-order valence-electron chi connectivity index (χ4n) is 3.03. The number of esters is 1. The van der Waals surface area contributed by atoms with E-state index in [2.05, 4.69) is 0 Å². The molecule has 1 atom stereocenters. The number of carbonyl (C=O) groups excluding carboxylic acids is 2. The third-order valence-corrected chi connectivity index (χ3v) is 4.16. The summed E-state index contributed by atoms with van der Waals surface area (Å²) in [6, 6.07) is 13.6. The average Bonchev–Trinajstić information content (AvgIpc) is 2.93. The topological polar surface area (TPSA) is 99.0 Å². The lowest BCUT2D eigenvalue weighted by Gasteiger charge is -2.25. The number of carbonyl (C=O) groups is 2. The van der Waals surface area contributed by atoms with E-state index >= 15 is 0 Å². The van der Waals surface area contributed by atoms with Crippen LogP contribution in [0.2, 0.25) is 0 Å². The van der Waals surface area contributed by atoms with Crippen LogP contribution in [-0.4, -0.2) is 34.9 Å². The minimum Gasteiger partial charge on any atom is -0.464 e. The normalized spacial score (nSPS) is 15.5. The van der Waals surface area contributed by atoms with Crippen LogP contribution in [0.3, 0.4) is 0 Å². The molecule has 8 heteroatoms. The zero-order chi connectivity index (χ0) is 19.4. The first kappa shape index (κ1) is 18.5. The van der Waals surface area contributed by atoms with Gasteiger partial charge >= 0.3 is 5.97 Å². The average molecular weight is 370 g/mol. The minimum absolute atomic E-state index is 0.00714. The third kappa shape index (κ3) is 3.80. The van der Waals surface area contributed by atoms with Crippen molar-refractivity contribution in [3.8, 4) is 0 Å². The van der Waals surface area contributed by atoms with Gasteiger partial charge in [-0.1, -0.05) is 42.5 Å². The SMILES string of the molecule is CCOC(=O)COC1c2cccc([N+](=O)[O-])c2C(=O)N1Cc1ccccc1. The van der Waals surface area contributed by atoms with Crippen molar-refractivity contribution < 1.29 is 24.0 Å². The molecule has 0 bridgehead atoms. The summed E-state index contributed by atoms with van der Waals surface area (Å²) in [5.74, 6) is -1.07. The smallest absolute Gasteiger partial charge is 0.332 e. The molecule has 0 spiro atoms. The van der Waals surface area contributed by atoms with Crippen LogP contribution < -0.4 is 0 Å². The molecule has 1 aliphatic heterocycles. The number of hydrogen-bond donors (Lipinski definition) is 0. The van der Waals surface area contributed by atoms with Crippen LogP contribution in [0.4, 0.5) is 5.69 Å². The Morgan fingerprint density at radius 2 is 1.93 bits per heavy atom. The highest BCUT2D eigenvalue weighted by Crippen LogP contribution is 2.39. The Hall–Kier alpha value is -3.26. The molecule has 2 aromatic rings. The van der Waals surface area contributed by atoms with E-state index < -0.39 is 23.0 Å². The Labute approximate surface area is 155 Å². The molecule has 0 saturated carbocycles. The lowest BCUT2D eigenvalue weighted by Crippen LogP contribution is -2.30. The molecule has 27 heavy (non-hydrogen) atoms. The van der Waals surface area contributed by atoms with Crippen LogP contribution in [0.1, 0.15) is 34.6 Å². The molecular weight excluding hydrogens is 352 g/mol. The van der Waals surface area contributed by atoms with Crippen LogP contribution in [0.15, 0.2) is 48.5 Å². The quantitative estimate of drug-likeness (QED) is 0.422. The summed E-state index contributed by atoms with van der Waals surface area (Å²) in [5, 5.41) is 11.3. The van der Waals surface area contributed by atoms with E-state index in [9.17, 15) is 19.7 Å². The summed E-state index contributed by atoms with van der Waals surface area (Å²) in [6.07, 6.45) is -0.906. The summed E-state index contributed by atoms with van der Waals surface area (Å²) in [4.78, 5) is 36.7. The summed E-state index contributed by atoms with van der Waals surface area (Å²) >= 11 is 0. The van der Waals surface area contributed by atoms with Gasteiger partial charge in [-0.25, -0.2) is 4.79 Å². The Bertz CT molecular complexity index is 868. The van der Waals surface area contributed by atoms with Crippen molar-refractivity contribution in [2.75, 3.05) is 13.2 Å². The monoisotopic (exact) mass is 370 g/mol. The van der Waals surface area contributed by atoms with Gasteiger partial charge in [-0.2, -0.15) is 0 Å². The molecule has 0 radical (unpaired) electrons. The summed E-state index contributed by atoms with van der Waals surface area (Å²) in [7, 11) is 0. The maximum absolute atomic E-state index is 12.9. The van der Waals surface area contributed by atoms with Crippen LogP contribution in [0, 0.1) is 10.1 Å². The highest BCUT2D eigenvalue weighted by atomic mass is 16.6. The lowest BCUT2D eigenvalue weighted by atomic mass is 10.1. The highest BCUT2D eigenvalue weighted by molar-refractivity contribution is 6.02. The molecule has 140 valence electrons. The molecule has 0 aliphatic carbocycles. The third-order valence-electron chi connectivity index (χ3n) is 4.16. The van der Waals surface area contributed by atoms with Gasteiger partial charge in [0, 0.05) is 18.2 Å². The van der Waals surface area contributed by atoms with E-state index in [-0.39, 0.29) is 31.0 Å². The Morgan fingerprint density at radius 1 is 1.19 bits per heavy atom. The molecule has 0 aromatic heterocycles. The molecule has 0 fully saturated rings. The van der Waals surface area contributed by atoms with E-state index in [1.807, 2.05) is 30.3 Å². The molecular formula is C19H18N2O6. The first-order chi connectivity index (χ1) is 13.0. The second-order valence-corrected chi connectivity index (χ2v) is 5.89. The number of rotatable bonds is 7. The predicted octanol–water partition coefficient (Wildman–Crippen LogP) is 2.83. The van der Waals surface area contributed by atoms with E-state index in [1.54, 1.807) is 13.0 Å². The zero-order valence-corrected chi connectivity index (χ0v) is 14.7. The van der Waals surface area contributed by atoms with Gasteiger partial charge in [0.2, 0.25) is 0 Å². The number of fused-ring (bicyclic) bond motifs is 1. The first-order valence-corrected chi connectivity index (χ1v) is 8.42. The van der Waals surface area contributed by atoms with Gasteiger partial charge in [0.1, 0.15) is 12.2 Å². The van der Waals surface area contributed by atoms with Crippen molar-refractivity contribution in [2.24, 2.45) is 0 Å². The van der Waals surface area contributed by atoms with Gasteiger partial charge in [-0.3, -0.25) is 14.9 Å². The van der Waals surface area contributed by atoms with Gasteiger partial charge in [0.25, 0.3) is 11.6 Å². The number of amides is 1. The van der Waals surface area contributed by atoms with Crippen LogP contribution >= 0.6 is 0 Å². The molecule has 1 aliphatic rings. The second kappa shape index (κ2) is 7.96. The fraction of sp³-hybridized carbons (Fsp3) is 0.263. The summed E-state index contributed by atoms with van der Waals surface area (Å²) in [5.41, 5.74) is 0.922. The van der Waals surface area contributed by atoms with Crippen LogP contribution in [-0.2, 0) is 20.8 Å². The number of nitro groups is 1. The minimum atomic E-state index is -0.906.